The molecule has 2 amide bonds. The van der Waals surface area contributed by atoms with Gasteiger partial charge in [-0.05, 0) is 49.1 Å². The second-order valence-corrected chi connectivity index (χ2v) is 7.33. The zero-order valence-electron chi connectivity index (χ0n) is 17.2. The zero-order chi connectivity index (χ0) is 20.9. The number of rotatable bonds is 5. The van der Waals surface area contributed by atoms with Gasteiger partial charge in [0.1, 0.15) is 0 Å². The summed E-state index contributed by atoms with van der Waals surface area (Å²) in [6.45, 7) is 2.73. The highest BCUT2D eigenvalue weighted by molar-refractivity contribution is 5.89. The van der Waals surface area contributed by atoms with Crippen LogP contribution < -0.4 is 14.8 Å². The number of benzene rings is 2. The molecule has 1 unspecified atom stereocenters. The summed E-state index contributed by atoms with van der Waals surface area (Å²) in [6, 6.07) is 19.4. The van der Waals surface area contributed by atoms with Crippen molar-refractivity contribution in [1.82, 2.24) is 9.88 Å². The highest BCUT2D eigenvalue weighted by atomic mass is 16.5. The maximum Gasteiger partial charge on any atom is 0.322 e. The molecular weight excluding hydrogens is 378 g/mol. The average Bonchev–Trinajstić information content (AvgIpc) is 3.27. The van der Waals surface area contributed by atoms with Gasteiger partial charge in [-0.1, -0.05) is 36.4 Å². The minimum atomic E-state index is -0.114. The first-order chi connectivity index (χ1) is 14.6. The fraction of sp³-hybridized carbons (Fsp3) is 0.250. The second kappa shape index (κ2) is 8.86. The summed E-state index contributed by atoms with van der Waals surface area (Å²) >= 11 is 0. The SMILES string of the molecule is COc1cc(C)ccc1Oc1ccc(NC(=O)N2CCCC2c2ccccc2)cn1. The lowest BCUT2D eigenvalue weighted by atomic mass is 10.1. The summed E-state index contributed by atoms with van der Waals surface area (Å²) in [5.41, 5.74) is 2.88. The Kier molecular flexibility index (Phi) is 5.84. The van der Waals surface area contributed by atoms with Crippen molar-refractivity contribution in [2.75, 3.05) is 19.0 Å². The molecule has 1 aliphatic rings. The van der Waals surface area contributed by atoms with E-state index >= 15 is 0 Å². The van der Waals surface area contributed by atoms with Crippen LogP contribution >= 0.6 is 0 Å². The van der Waals surface area contributed by atoms with Gasteiger partial charge in [0.05, 0.1) is 25.0 Å². The quantitative estimate of drug-likeness (QED) is 0.606. The van der Waals surface area contributed by atoms with Crippen LogP contribution in [0.1, 0.15) is 30.0 Å². The maximum atomic E-state index is 12.8. The fourth-order valence-corrected chi connectivity index (χ4v) is 3.71. The third-order valence-corrected chi connectivity index (χ3v) is 5.22. The molecule has 0 aliphatic carbocycles. The predicted octanol–water partition coefficient (Wildman–Crippen LogP) is 5.56. The van der Waals surface area contributed by atoms with Crippen LogP contribution in [0.25, 0.3) is 0 Å². The number of ether oxygens (including phenoxy) is 2. The van der Waals surface area contributed by atoms with E-state index in [0.717, 1.165) is 24.9 Å². The minimum Gasteiger partial charge on any atom is -0.493 e. The number of nitrogens with one attached hydrogen (secondary N) is 1. The monoisotopic (exact) mass is 403 g/mol. The largest absolute Gasteiger partial charge is 0.493 e. The zero-order valence-corrected chi connectivity index (χ0v) is 17.2. The van der Waals surface area contributed by atoms with Crippen LogP contribution in [0.3, 0.4) is 0 Å². The van der Waals surface area contributed by atoms with Crippen LogP contribution in [0.2, 0.25) is 0 Å². The maximum absolute atomic E-state index is 12.8. The van der Waals surface area contributed by atoms with E-state index in [1.807, 2.05) is 48.2 Å². The molecule has 1 aliphatic heterocycles. The van der Waals surface area contributed by atoms with Crippen LogP contribution in [0.4, 0.5) is 10.5 Å². The van der Waals surface area contributed by atoms with Gasteiger partial charge in [-0.15, -0.1) is 0 Å². The molecule has 2 heterocycles. The fourth-order valence-electron chi connectivity index (χ4n) is 3.71. The molecule has 1 N–H and O–H groups in total. The van der Waals surface area contributed by atoms with E-state index in [-0.39, 0.29) is 12.1 Å². The lowest BCUT2D eigenvalue weighted by Gasteiger charge is -2.25. The number of carbonyl (C=O) groups excluding carboxylic acids is 1. The molecule has 2 aromatic carbocycles. The van der Waals surface area contributed by atoms with Crippen LogP contribution in [0.5, 0.6) is 17.4 Å². The first-order valence-electron chi connectivity index (χ1n) is 10.0. The Hall–Kier alpha value is -3.54. The number of carbonyl (C=O) groups is 1. The highest BCUT2D eigenvalue weighted by Crippen LogP contribution is 2.33. The molecule has 4 rings (SSSR count). The van der Waals surface area contributed by atoms with Gasteiger partial charge in [0, 0.05) is 12.6 Å². The van der Waals surface area contributed by atoms with Crippen LogP contribution in [0.15, 0.2) is 66.9 Å². The van der Waals surface area contributed by atoms with Crippen LogP contribution in [-0.4, -0.2) is 29.6 Å². The van der Waals surface area contributed by atoms with Crippen molar-refractivity contribution in [1.29, 1.82) is 0 Å². The molecular formula is C24H25N3O3. The second-order valence-electron chi connectivity index (χ2n) is 7.33. The average molecular weight is 403 g/mol. The van der Waals surface area contributed by atoms with Gasteiger partial charge in [0.25, 0.3) is 0 Å². The first kappa shape index (κ1) is 19.8. The predicted molar refractivity (Wildman–Crippen MR) is 116 cm³/mol. The minimum absolute atomic E-state index is 0.107. The number of anilines is 1. The number of nitrogens with zero attached hydrogens (tertiary/aromatic N) is 2. The first-order valence-corrected chi connectivity index (χ1v) is 10.0. The van der Waals surface area contributed by atoms with Crippen molar-refractivity contribution in [3.8, 4) is 17.4 Å². The Morgan fingerprint density at radius 1 is 1.10 bits per heavy atom. The summed E-state index contributed by atoms with van der Waals surface area (Å²) in [4.78, 5) is 19.0. The summed E-state index contributed by atoms with van der Waals surface area (Å²) in [5.74, 6) is 1.67. The molecule has 30 heavy (non-hydrogen) atoms. The van der Waals surface area contributed by atoms with E-state index in [9.17, 15) is 4.79 Å². The molecule has 154 valence electrons. The molecule has 1 atom stereocenters. The summed E-state index contributed by atoms with van der Waals surface area (Å²) in [6.07, 6.45) is 3.57. The lowest BCUT2D eigenvalue weighted by Crippen LogP contribution is -2.34. The van der Waals surface area contributed by atoms with E-state index in [0.29, 0.717) is 23.1 Å². The Labute approximate surface area is 176 Å². The van der Waals surface area contributed by atoms with Crippen molar-refractivity contribution in [3.63, 3.8) is 0 Å². The number of pyridine rings is 1. The van der Waals surface area contributed by atoms with Gasteiger partial charge >= 0.3 is 6.03 Å². The molecule has 6 heteroatoms. The summed E-state index contributed by atoms with van der Waals surface area (Å²) < 4.78 is 11.2. The van der Waals surface area contributed by atoms with Gasteiger partial charge < -0.3 is 19.7 Å². The smallest absolute Gasteiger partial charge is 0.322 e. The van der Waals surface area contributed by atoms with E-state index in [4.69, 9.17) is 9.47 Å². The van der Waals surface area contributed by atoms with Gasteiger partial charge in [0.2, 0.25) is 5.88 Å². The number of amides is 2. The molecule has 1 saturated heterocycles. The Balaban J connectivity index is 1.42. The van der Waals surface area contributed by atoms with Crippen molar-refractivity contribution >= 4 is 11.7 Å². The molecule has 3 aromatic rings. The number of methoxy groups -OCH3 is 1. The lowest BCUT2D eigenvalue weighted by molar-refractivity contribution is 0.207. The van der Waals surface area contributed by atoms with Crippen molar-refractivity contribution in [3.05, 3.63) is 78.0 Å². The van der Waals surface area contributed by atoms with Crippen LogP contribution in [-0.2, 0) is 0 Å². The molecule has 6 nitrogen and oxygen atoms in total. The highest BCUT2D eigenvalue weighted by Gasteiger charge is 2.29. The van der Waals surface area contributed by atoms with Crippen LogP contribution in [0, 0.1) is 6.92 Å². The third-order valence-electron chi connectivity index (χ3n) is 5.22. The number of likely N-dealkylation sites (tertiary alicyclic amines) is 1. The van der Waals surface area contributed by atoms with E-state index in [1.54, 1.807) is 25.4 Å². The normalized spacial score (nSPS) is 15.7. The Bertz CT molecular complexity index is 1010. The number of aromatic nitrogens is 1. The Morgan fingerprint density at radius 3 is 2.67 bits per heavy atom. The van der Waals surface area contributed by atoms with Crippen molar-refractivity contribution < 1.29 is 14.3 Å². The molecule has 0 spiro atoms. The van der Waals surface area contributed by atoms with Crippen molar-refractivity contribution in [2.24, 2.45) is 0 Å². The molecule has 0 radical (unpaired) electrons. The third kappa shape index (κ3) is 4.38. The van der Waals surface area contributed by atoms with E-state index in [2.05, 4.69) is 22.4 Å². The molecule has 1 fully saturated rings. The van der Waals surface area contributed by atoms with Gasteiger partial charge in [-0.2, -0.15) is 0 Å². The number of hydrogen-bond donors (Lipinski definition) is 1. The summed E-state index contributed by atoms with van der Waals surface area (Å²) in [7, 11) is 1.61. The number of aryl methyl sites for hydroxylation is 1. The number of hydrogen-bond acceptors (Lipinski definition) is 4. The molecule has 0 saturated carbocycles. The van der Waals surface area contributed by atoms with Gasteiger partial charge in [0.15, 0.2) is 11.5 Å². The van der Waals surface area contributed by atoms with Gasteiger partial charge in [-0.25, -0.2) is 9.78 Å². The Morgan fingerprint density at radius 2 is 1.93 bits per heavy atom. The van der Waals surface area contributed by atoms with E-state index < -0.39 is 0 Å². The molecule has 0 bridgehead atoms. The topological polar surface area (TPSA) is 63.7 Å². The van der Waals surface area contributed by atoms with Crippen molar-refractivity contribution in [2.45, 2.75) is 25.8 Å². The van der Waals surface area contributed by atoms with Gasteiger partial charge in [-0.3, -0.25) is 0 Å². The summed E-state index contributed by atoms with van der Waals surface area (Å²) in [5, 5.41) is 2.95. The number of urea groups is 1. The standard InChI is InChI=1S/C24H25N3O3/c1-17-10-12-21(22(15-17)29-2)30-23-13-11-19(16-25-23)26-24(28)27-14-6-9-20(27)18-7-4-3-5-8-18/h3-5,7-8,10-13,15-16,20H,6,9,14H2,1-2H3,(H,26,28). The van der Waals surface area contributed by atoms with E-state index in [1.165, 1.54) is 5.56 Å². The molecule has 1 aromatic heterocycles.